The van der Waals surface area contributed by atoms with Crippen LogP contribution in [0, 0.1) is 11.8 Å². The van der Waals surface area contributed by atoms with Crippen molar-refractivity contribution in [3.05, 3.63) is 23.3 Å². The van der Waals surface area contributed by atoms with E-state index in [-0.39, 0.29) is 23.0 Å². The standard InChI is InChI=1S/C22H28O6/c1-11-7-13-9-15(23)19(25-3)21(27-5)17(13)18-14(8-12(11)2)10-16(24)20(26-4)22(18)28-6/h9-12,23-24H,7-8H2,1-6H3/t11-,12-/m1/s1. The van der Waals surface area contributed by atoms with E-state index in [1.54, 1.807) is 26.4 Å². The van der Waals surface area contributed by atoms with Crippen molar-refractivity contribution in [2.24, 2.45) is 11.8 Å². The first-order valence-electron chi connectivity index (χ1n) is 9.31. The maximum Gasteiger partial charge on any atom is 0.203 e. The van der Waals surface area contributed by atoms with E-state index in [1.807, 2.05) is 0 Å². The van der Waals surface area contributed by atoms with Gasteiger partial charge in [-0.25, -0.2) is 0 Å². The lowest BCUT2D eigenvalue weighted by Crippen LogP contribution is -2.18. The van der Waals surface area contributed by atoms with Crippen molar-refractivity contribution in [3.8, 4) is 45.6 Å². The molecule has 0 unspecified atom stereocenters. The minimum absolute atomic E-state index is 0.0322. The Balaban J connectivity index is 2.50. The fraction of sp³-hybridized carbons (Fsp3) is 0.455. The van der Waals surface area contributed by atoms with Gasteiger partial charge in [-0.15, -0.1) is 0 Å². The molecule has 0 bridgehead atoms. The molecule has 0 saturated carbocycles. The molecule has 1 aliphatic carbocycles. The Labute approximate surface area is 165 Å². The highest BCUT2D eigenvalue weighted by atomic mass is 16.5. The maximum absolute atomic E-state index is 10.5. The molecule has 6 heteroatoms. The molecular weight excluding hydrogens is 360 g/mol. The zero-order valence-electron chi connectivity index (χ0n) is 17.3. The molecule has 0 fully saturated rings. The molecule has 1 aliphatic rings. The van der Waals surface area contributed by atoms with Crippen molar-refractivity contribution >= 4 is 0 Å². The summed E-state index contributed by atoms with van der Waals surface area (Å²) in [5.41, 5.74) is 3.45. The number of phenolic OH excluding ortho intramolecular Hbond substituents is 2. The van der Waals surface area contributed by atoms with Crippen LogP contribution in [0.5, 0.6) is 34.5 Å². The van der Waals surface area contributed by atoms with Crippen LogP contribution in [-0.2, 0) is 12.8 Å². The van der Waals surface area contributed by atoms with Crippen molar-refractivity contribution in [1.29, 1.82) is 0 Å². The third-order valence-corrected chi connectivity index (χ3v) is 5.72. The van der Waals surface area contributed by atoms with Gasteiger partial charge >= 0.3 is 0 Å². The molecule has 2 aromatic carbocycles. The largest absolute Gasteiger partial charge is 0.504 e. The second kappa shape index (κ2) is 7.70. The molecule has 0 spiro atoms. The van der Waals surface area contributed by atoms with E-state index in [4.69, 9.17) is 18.9 Å². The molecule has 0 saturated heterocycles. The van der Waals surface area contributed by atoms with Gasteiger partial charge in [0.2, 0.25) is 11.5 Å². The number of phenols is 2. The molecule has 2 atom stereocenters. The lowest BCUT2D eigenvalue weighted by atomic mass is 9.77. The first-order chi connectivity index (χ1) is 13.4. The Bertz CT molecular complexity index is 816. The molecule has 0 aromatic heterocycles. The van der Waals surface area contributed by atoms with E-state index in [1.165, 1.54) is 14.2 Å². The van der Waals surface area contributed by atoms with Gasteiger partial charge < -0.3 is 29.2 Å². The smallest absolute Gasteiger partial charge is 0.203 e. The molecule has 0 radical (unpaired) electrons. The SMILES string of the molecule is COc1c(O)cc2c(c1OC)-c1c(cc(O)c(OC)c1OC)C[C@@H](C)[C@H](C)C2. The Hall–Kier alpha value is -2.76. The first-order valence-corrected chi connectivity index (χ1v) is 9.31. The van der Waals surface area contributed by atoms with Crippen LogP contribution in [0.3, 0.4) is 0 Å². The number of hydrogen-bond acceptors (Lipinski definition) is 6. The maximum atomic E-state index is 10.5. The first kappa shape index (κ1) is 20.0. The zero-order chi connectivity index (χ0) is 20.6. The summed E-state index contributed by atoms with van der Waals surface area (Å²) in [6.45, 7) is 4.38. The second-order valence-corrected chi connectivity index (χ2v) is 7.36. The second-order valence-electron chi connectivity index (χ2n) is 7.36. The number of benzene rings is 2. The van der Waals surface area contributed by atoms with Crippen LogP contribution >= 0.6 is 0 Å². The van der Waals surface area contributed by atoms with Gasteiger partial charge in [-0.05, 0) is 47.9 Å². The van der Waals surface area contributed by atoms with Gasteiger partial charge in [-0.2, -0.15) is 0 Å². The van der Waals surface area contributed by atoms with Gasteiger partial charge in [0, 0.05) is 11.1 Å². The van der Waals surface area contributed by atoms with Gasteiger partial charge in [0.25, 0.3) is 0 Å². The highest BCUT2D eigenvalue weighted by Crippen LogP contribution is 2.55. The average molecular weight is 388 g/mol. The fourth-order valence-electron chi connectivity index (χ4n) is 4.11. The minimum atomic E-state index is 0.0322. The predicted molar refractivity (Wildman–Crippen MR) is 107 cm³/mol. The monoisotopic (exact) mass is 388 g/mol. The number of fused-ring (bicyclic) bond motifs is 3. The predicted octanol–water partition coefficient (Wildman–Crippen LogP) is 4.17. The molecule has 3 rings (SSSR count). The highest BCUT2D eigenvalue weighted by molar-refractivity contribution is 5.88. The van der Waals surface area contributed by atoms with Crippen LogP contribution in [-0.4, -0.2) is 38.7 Å². The molecule has 2 N–H and O–H groups in total. The van der Waals surface area contributed by atoms with E-state index >= 15 is 0 Å². The summed E-state index contributed by atoms with van der Waals surface area (Å²) < 4.78 is 22.2. The van der Waals surface area contributed by atoms with E-state index in [0.717, 1.165) is 35.1 Å². The summed E-state index contributed by atoms with van der Waals surface area (Å²) in [6.07, 6.45) is 1.52. The molecule has 0 amide bonds. The Kier molecular flexibility index (Phi) is 5.49. The van der Waals surface area contributed by atoms with Crippen molar-refractivity contribution in [2.45, 2.75) is 26.7 Å². The number of hydrogen-bond donors (Lipinski definition) is 2. The summed E-state index contributed by atoms with van der Waals surface area (Å²) in [6, 6.07) is 3.46. The molecule has 0 aliphatic heterocycles. The fourth-order valence-corrected chi connectivity index (χ4v) is 4.11. The van der Waals surface area contributed by atoms with Crippen LogP contribution in [0.4, 0.5) is 0 Å². The highest BCUT2D eigenvalue weighted by Gasteiger charge is 2.32. The Morgan fingerprint density at radius 3 is 1.25 bits per heavy atom. The van der Waals surface area contributed by atoms with Gasteiger partial charge in [0.05, 0.1) is 28.4 Å². The quantitative estimate of drug-likeness (QED) is 0.819. The molecule has 2 aromatic rings. The zero-order valence-corrected chi connectivity index (χ0v) is 17.3. The number of aromatic hydroxyl groups is 2. The van der Waals surface area contributed by atoms with E-state index < -0.39 is 0 Å². The van der Waals surface area contributed by atoms with Gasteiger partial charge in [0.15, 0.2) is 23.0 Å². The Morgan fingerprint density at radius 1 is 0.643 bits per heavy atom. The van der Waals surface area contributed by atoms with Crippen molar-refractivity contribution in [3.63, 3.8) is 0 Å². The lowest BCUT2D eigenvalue weighted by Gasteiger charge is -2.30. The Morgan fingerprint density at radius 2 is 0.964 bits per heavy atom. The average Bonchev–Trinajstić information content (AvgIpc) is 2.66. The topological polar surface area (TPSA) is 77.4 Å². The van der Waals surface area contributed by atoms with Crippen LogP contribution in [0.2, 0.25) is 0 Å². The van der Waals surface area contributed by atoms with E-state index in [2.05, 4.69) is 13.8 Å². The van der Waals surface area contributed by atoms with Gasteiger partial charge in [-0.1, -0.05) is 13.8 Å². The minimum Gasteiger partial charge on any atom is -0.504 e. The van der Waals surface area contributed by atoms with Crippen molar-refractivity contribution in [2.75, 3.05) is 28.4 Å². The van der Waals surface area contributed by atoms with Crippen LogP contribution in [0.1, 0.15) is 25.0 Å². The van der Waals surface area contributed by atoms with Crippen LogP contribution in [0.25, 0.3) is 11.1 Å². The summed E-state index contributed by atoms with van der Waals surface area (Å²) in [7, 11) is 6.08. The van der Waals surface area contributed by atoms with Gasteiger partial charge in [0.1, 0.15) is 0 Å². The van der Waals surface area contributed by atoms with Crippen LogP contribution in [0.15, 0.2) is 12.1 Å². The normalized spacial score (nSPS) is 18.4. The summed E-state index contributed by atoms with van der Waals surface area (Å²) in [4.78, 5) is 0. The summed E-state index contributed by atoms with van der Waals surface area (Å²) >= 11 is 0. The number of rotatable bonds is 4. The molecule has 152 valence electrons. The molecule has 0 heterocycles. The van der Waals surface area contributed by atoms with E-state index in [0.29, 0.717) is 23.3 Å². The summed E-state index contributed by atoms with van der Waals surface area (Å²) in [5.74, 6) is 2.19. The molecule has 28 heavy (non-hydrogen) atoms. The van der Waals surface area contributed by atoms with E-state index in [9.17, 15) is 10.2 Å². The van der Waals surface area contributed by atoms with Gasteiger partial charge in [-0.3, -0.25) is 0 Å². The number of ether oxygens (including phenoxy) is 4. The molecular formula is C22H28O6. The third-order valence-electron chi connectivity index (χ3n) is 5.72. The third kappa shape index (κ3) is 3.07. The summed E-state index contributed by atoms with van der Waals surface area (Å²) in [5, 5.41) is 21.0. The van der Waals surface area contributed by atoms with Crippen molar-refractivity contribution < 1.29 is 29.2 Å². The lowest BCUT2D eigenvalue weighted by molar-refractivity contribution is 0.325. The van der Waals surface area contributed by atoms with Crippen molar-refractivity contribution in [1.82, 2.24) is 0 Å². The number of methoxy groups -OCH3 is 4. The van der Waals surface area contributed by atoms with Crippen LogP contribution < -0.4 is 18.9 Å². The molecule has 6 nitrogen and oxygen atoms in total.